The van der Waals surface area contributed by atoms with E-state index in [1.165, 1.54) is 0 Å². The zero-order chi connectivity index (χ0) is 24.1. The molecule has 2 aromatic rings. The first-order valence-electron chi connectivity index (χ1n) is 11.8. The van der Waals surface area contributed by atoms with Crippen molar-refractivity contribution in [1.82, 2.24) is 9.80 Å². The van der Waals surface area contributed by atoms with Crippen molar-refractivity contribution in [2.24, 2.45) is 5.41 Å². The Hall–Kier alpha value is -2.99. The average Bonchev–Trinajstić information content (AvgIpc) is 3.26. The highest BCUT2D eigenvalue weighted by Gasteiger charge is 2.43. The van der Waals surface area contributed by atoms with Crippen LogP contribution in [0, 0.1) is 5.41 Å². The summed E-state index contributed by atoms with van der Waals surface area (Å²) in [5.74, 6) is 1.27. The maximum absolute atomic E-state index is 13.2. The van der Waals surface area contributed by atoms with Gasteiger partial charge in [-0.1, -0.05) is 29.8 Å². The van der Waals surface area contributed by atoms with Gasteiger partial charge in [-0.2, -0.15) is 0 Å². The Morgan fingerprint density at radius 2 is 1.74 bits per heavy atom. The highest BCUT2D eigenvalue weighted by molar-refractivity contribution is 6.31. The fourth-order valence-corrected chi connectivity index (χ4v) is 5.08. The van der Waals surface area contributed by atoms with Crippen LogP contribution in [-0.2, 0) is 4.79 Å². The van der Waals surface area contributed by atoms with E-state index < -0.39 is 0 Å². The van der Waals surface area contributed by atoms with Crippen LogP contribution in [-0.4, -0.2) is 61.5 Å². The minimum atomic E-state index is -0.0503. The predicted molar refractivity (Wildman–Crippen MR) is 133 cm³/mol. The number of para-hydroxylation sites is 1. The fourth-order valence-electron chi connectivity index (χ4n) is 4.91. The lowest BCUT2D eigenvalue weighted by Crippen LogP contribution is -2.44. The highest BCUT2D eigenvalue weighted by atomic mass is 35.5. The number of benzene rings is 2. The van der Waals surface area contributed by atoms with Gasteiger partial charge < -0.3 is 19.3 Å². The van der Waals surface area contributed by atoms with Crippen LogP contribution >= 0.6 is 11.6 Å². The number of methoxy groups -OCH3 is 1. The van der Waals surface area contributed by atoms with Crippen LogP contribution in [0.2, 0.25) is 5.02 Å². The molecule has 0 bridgehead atoms. The van der Waals surface area contributed by atoms with E-state index >= 15 is 0 Å². The minimum Gasteiger partial charge on any atom is -0.496 e. The van der Waals surface area contributed by atoms with Crippen LogP contribution in [0.1, 0.15) is 42.1 Å². The number of piperidine rings is 1. The van der Waals surface area contributed by atoms with E-state index in [4.69, 9.17) is 21.1 Å². The molecular formula is C27H31ClN2O4. The van der Waals surface area contributed by atoms with Crippen molar-refractivity contribution in [3.63, 3.8) is 0 Å². The molecule has 0 atom stereocenters. The van der Waals surface area contributed by atoms with Gasteiger partial charge in [-0.25, -0.2) is 0 Å². The Kier molecular flexibility index (Phi) is 7.47. The molecular weight excluding hydrogens is 452 g/mol. The maximum Gasteiger partial charge on any atom is 0.257 e. The molecule has 2 aliphatic rings. The third-order valence-electron chi connectivity index (χ3n) is 6.88. The Bertz CT molecular complexity index is 1080. The summed E-state index contributed by atoms with van der Waals surface area (Å²) in [5.41, 5.74) is 1.45. The lowest BCUT2D eigenvalue weighted by atomic mass is 9.77. The summed E-state index contributed by atoms with van der Waals surface area (Å²) in [4.78, 5) is 29.8. The highest BCUT2D eigenvalue weighted by Crippen LogP contribution is 2.41. The van der Waals surface area contributed by atoms with Gasteiger partial charge in [0.2, 0.25) is 5.91 Å². The van der Waals surface area contributed by atoms with E-state index in [2.05, 4.69) is 0 Å². The van der Waals surface area contributed by atoms with Crippen LogP contribution < -0.4 is 9.47 Å². The zero-order valence-electron chi connectivity index (χ0n) is 19.8. The smallest absolute Gasteiger partial charge is 0.257 e. The third kappa shape index (κ3) is 5.22. The van der Waals surface area contributed by atoms with Crippen molar-refractivity contribution in [2.45, 2.75) is 26.2 Å². The fraction of sp³-hybridized carbons (Fsp3) is 0.407. The van der Waals surface area contributed by atoms with Gasteiger partial charge in [0.05, 0.1) is 19.3 Å². The molecule has 2 aliphatic heterocycles. The summed E-state index contributed by atoms with van der Waals surface area (Å²) in [6.07, 6.45) is 6.18. The lowest BCUT2D eigenvalue weighted by Gasteiger charge is -2.39. The summed E-state index contributed by atoms with van der Waals surface area (Å²) in [7, 11) is 1.56. The monoisotopic (exact) mass is 482 g/mol. The van der Waals surface area contributed by atoms with Gasteiger partial charge >= 0.3 is 0 Å². The summed E-state index contributed by atoms with van der Waals surface area (Å²) in [6.45, 7) is 5.31. The SMILES string of the molecule is CCOc1ccccc1/C=C/C(=O)N1CCC2(CC1)CCN(C(=O)c1cc(Cl)ccc1OC)C2. The summed E-state index contributed by atoms with van der Waals surface area (Å²) in [5, 5.41) is 0.516. The van der Waals surface area contributed by atoms with Crippen molar-refractivity contribution in [3.05, 3.63) is 64.7 Å². The van der Waals surface area contributed by atoms with Gasteiger partial charge in [-0.15, -0.1) is 0 Å². The van der Waals surface area contributed by atoms with Crippen molar-refractivity contribution >= 4 is 29.5 Å². The number of halogens is 1. The lowest BCUT2D eigenvalue weighted by molar-refractivity contribution is -0.128. The average molecular weight is 483 g/mol. The van der Waals surface area contributed by atoms with Gasteiger partial charge in [-0.3, -0.25) is 9.59 Å². The normalized spacial score (nSPS) is 17.4. The standard InChI is InChI=1S/C27H31ClN2O4/c1-3-34-23-7-5-4-6-20(23)8-11-25(31)29-15-12-27(13-16-29)14-17-30(19-27)26(32)22-18-21(28)9-10-24(22)33-2/h4-11,18H,3,12-17,19H2,1-2H3/b11-8+. The molecule has 6 nitrogen and oxygen atoms in total. The molecule has 2 aromatic carbocycles. The van der Waals surface area contributed by atoms with Crippen LogP contribution in [0.4, 0.5) is 0 Å². The van der Waals surface area contributed by atoms with Crippen LogP contribution in [0.25, 0.3) is 6.08 Å². The van der Waals surface area contributed by atoms with Crippen molar-refractivity contribution in [2.75, 3.05) is 39.9 Å². The molecule has 0 unspecified atom stereocenters. The summed E-state index contributed by atoms with van der Waals surface area (Å²) < 4.78 is 11.0. The number of likely N-dealkylation sites (tertiary alicyclic amines) is 2. The van der Waals surface area contributed by atoms with Crippen molar-refractivity contribution in [1.29, 1.82) is 0 Å². The van der Waals surface area contributed by atoms with E-state index in [1.54, 1.807) is 31.4 Å². The third-order valence-corrected chi connectivity index (χ3v) is 7.11. The summed E-state index contributed by atoms with van der Waals surface area (Å²) in [6, 6.07) is 12.8. The quantitative estimate of drug-likeness (QED) is 0.548. The Morgan fingerprint density at radius 1 is 1.03 bits per heavy atom. The van der Waals surface area contributed by atoms with E-state index in [0.717, 1.165) is 30.6 Å². The van der Waals surface area contributed by atoms with Gasteiger partial charge in [0.1, 0.15) is 11.5 Å². The van der Waals surface area contributed by atoms with E-state index in [-0.39, 0.29) is 17.2 Å². The van der Waals surface area contributed by atoms with Crippen LogP contribution in [0.3, 0.4) is 0 Å². The second-order valence-corrected chi connectivity index (χ2v) is 9.39. The molecule has 4 rings (SSSR count). The predicted octanol–water partition coefficient (Wildman–Crippen LogP) is 4.92. The van der Waals surface area contributed by atoms with Gasteiger partial charge in [0.25, 0.3) is 5.91 Å². The number of hydrogen-bond donors (Lipinski definition) is 0. The number of rotatable bonds is 6. The molecule has 34 heavy (non-hydrogen) atoms. The number of carbonyl (C=O) groups excluding carboxylic acids is 2. The molecule has 7 heteroatoms. The van der Waals surface area contributed by atoms with Gasteiger partial charge in [0.15, 0.2) is 0 Å². The Labute approximate surface area is 206 Å². The van der Waals surface area contributed by atoms with Crippen LogP contribution in [0.15, 0.2) is 48.5 Å². The van der Waals surface area contributed by atoms with Crippen molar-refractivity contribution < 1.29 is 19.1 Å². The molecule has 180 valence electrons. The topological polar surface area (TPSA) is 59.1 Å². The number of nitrogens with zero attached hydrogens (tertiary/aromatic N) is 2. The first-order chi connectivity index (χ1) is 16.4. The van der Waals surface area contributed by atoms with Gasteiger partial charge in [0, 0.05) is 42.8 Å². The molecule has 0 aliphatic carbocycles. The molecule has 0 radical (unpaired) electrons. The zero-order valence-corrected chi connectivity index (χ0v) is 20.5. The van der Waals surface area contributed by atoms with Crippen molar-refractivity contribution in [3.8, 4) is 11.5 Å². The number of carbonyl (C=O) groups is 2. The maximum atomic E-state index is 13.2. The summed E-state index contributed by atoms with van der Waals surface area (Å²) >= 11 is 6.13. The molecule has 0 saturated carbocycles. The number of ether oxygens (including phenoxy) is 2. The Morgan fingerprint density at radius 3 is 2.44 bits per heavy atom. The molecule has 2 amide bonds. The first kappa shape index (κ1) is 24.1. The Balaban J connectivity index is 1.35. The molecule has 2 fully saturated rings. The first-order valence-corrected chi connectivity index (χ1v) is 12.1. The number of amides is 2. The van der Waals surface area contributed by atoms with E-state index in [0.29, 0.717) is 49.1 Å². The minimum absolute atomic E-state index is 0.00995. The van der Waals surface area contributed by atoms with E-state index in [9.17, 15) is 9.59 Å². The second-order valence-electron chi connectivity index (χ2n) is 8.95. The molecule has 0 N–H and O–H groups in total. The molecule has 2 heterocycles. The molecule has 2 saturated heterocycles. The molecule has 1 spiro atoms. The van der Waals surface area contributed by atoms with Gasteiger partial charge in [-0.05, 0) is 61.9 Å². The second kappa shape index (κ2) is 10.5. The molecule has 0 aromatic heterocycles. The van der Waals surface area contributed by atoms with E-state index in [1.807, 2.05) is 47.1 Å². The van der Waals surface area contributed by atoms with Crippen LogP contribution in [0.5, 0.6) is 11.5 Å². The number of hydrogen-bond acceptors (Lipinski definition) is 4. The largest absolute Gasteiger partial charge is 0.496 e.